The molecule has 2 aromatic rings. The quantitative estimate of drug-likeness (QED) is 0.638. The van der Waals surface area contributed by atoms with Crippen molar-refractivity contribution < 1.29 is 23.2 Å². The number of hydrogen-bond acceptors (Lipinski definition) is 6. The van der Waals surface area contributed by atoms with E-state index in [0.29, 0.717) is 17.9 Å². The second kappa shape index (κ2) is 10.6. The molecule has 5 N–H and O–H groups in total. The number of nitrogens with two attached hydrogens (primary N) is 1. The summed E-state index contributed by atoms with van der Waals surface area (Å²) in [4.78, 5) is 19.2. The van der Waals surface area contributed by atoms with E-state index < -0.39 is 10.1 Å². The number of rotatable bonds is 2. The Morgan fingerprint density at radius 1 is 1.10 bits per heavy atom. The number of benzene rings is 2. The third kappa shape index (κ3) is 7.03. The number of carbonyl (C=O) groups is 1. The van der Waals surface area contributed by atoms with Crippen molar-refractivity contribution in [1.82, 2.24) is 9.80 Å². The highest BCUT2D eigenvalue weighted by atomic mass is 32.2. The van der Waals surface area contributed by atoms with Gasteiger partial charge >= 0.3 is 0 Å². The zero-order valence-electron chi connectivity index (χ0n) is 17.6. The van der Waals surface area contributed by atoms with Gasteiger partial charge in [0.1, 0.15) is 0 Å². The van der Waals surface area contributed by atoms with Crippen molar-refractivity contribution in [2.24, 2.45) is 5.73 Å². The van der Waals surface area contributed by atoms with Crippen molar-refractivity contribution in [1.29, 1.82) is 0 Å². The van der Waals surface area contributed by atoms with Crippen LogP contribution < -0.4 is 5.73 Å². The Kier molecular flexibility index (Phi) is 8.64. The zero-order chi connectivity index (χ0) is 21.9. The van der Waals surface area contributed by atoms with E-state index in [4.69, 9.17) is 10.3 Å². The van der Waals surface area contributed by atoms with Crippen LogP contribution in [0.2, 0.25) is 0 Å². The normalized spacial score (nSPS) is 19.0. The van der Waals surface area contributed by atoms with Gasteiger partial charge in [-0.15, -0.1) is 0 Å². The van der Waals surface area contributed by atoms with Gasteiger partial charge < -0.3 is 16.1 Å². The number of carbonyl (C=O) groups excluding carboxylic acids is 1. The van der Waals surface area contributed by atoms with Gasteiger partial charge in [0.05, 0.1) is 6.26 Å². The fraction of sp³-hybridized carbons (Fsp3) is 0.381. The molecule has 170 valence electrons. The molecule has 10 heteroatoms. The minimum absolute atomic E-state index is 0. The second-order valence-corrected chi connectivity index (χ2v) is 10.2. The SMILES string of the molecule is CN1CCN(C2Cc3ccccc3Sc3ccc(C(N)=O)cc32)CC1.CS(=O)(=O)O.O. The van der Waals surface area contributed by atoms with Crippen molar-refractivity contribution >= 4 is 27.8 Å². The van der Waals surface area contributed by atoms with Crippen LogP contribution in [0.15, 0.2) is 52.3 Å². The van der Waals surface area contributed by atoms with E-state index >= 15 is 0 Å². The molecule has 0 saturated carbocycles. The number of amides is 1. The predicted octanol–water partition coefficient (Wildman–Crippen LogP) is 1.46. The van der Waals surface area contributed by atoms with Gasteiger partial charge in [0.25, 0.3) is 10.1 Å². The van der Waals surface area contributed by atoms with Gasteiger partial charge in [-0.1, -0.05) is 30.0 Å². The van der Waals surface area contributed by atoms with Crippen molar-refractivity contribution in [2.75, 3.05) is 39.5 Å². The van der Waals surface area contributed by atoms with Crippen molar-refractivity contribution in [3.05, 3.63) is 59.2 Å². The number of hydrogen-bond donors (Lipinski definition) is 2. The van der Waals surface area contributed by atoms with E-state index in [0.717, 1.165) is 32.6 Å². The highest BCUT2D eigenvalue weighted by Gasteiger charge is 2.29. The molecule has 0 aromatic heterocycles. The summed E-state index contributed by atoms with van der Waals surface area (Å²) in [6.45, 7) is 4.26. The third-order valence-corrected chi connectivity index (χ3v) is 6.45. The lowest BCUT2D eigenvalue weighted by Gasteiger charge is -2.38. The number of primary amides is 1. The average Bonchev–Trinajstić information content (AvgIpc) is 2.83. The van der Waals surface area contributed by atoms with Gasteiger partial charge in [0.2, 0.25) is 5.91 Å². The van der Waals surface area contributed by atoms with Crippen LogP contribution in [0.5, 0.6) is 0 Å². The Balaban J connectivity index is 0.000000514. The van der Waals surface area contributed by atoms with Crippen LogP contribution in [0.3, 0.4) is 0 Å². The monoisotopic (exact) mass is 467 g/mol. The Labute approximate surface area is 187 Å². The molecule has 0 radical (unpaired) electrons. The summed E-state index contributed by atoms with van der Waals surface area (Å²) in [5, 5.41) is 0. The van der Waals surface area contributed by atoms with E-state index in [9.17, 15) is 13.2 Å². The van der Waals surface area contributed by atoms with Gasteiger partial charge in [-0.3, -0.25) is 14.2 Å². The first kappa shape index (κ1) is 25.3. The maximum atomic E-state index is 11.7. The molecule has 1 saturated heterocycles. The molecular weight excluding hydrogens is 438 g/mol. The molecule has 2 aliphatic heterocycles. The first-order valence-electron chi connectivity index (χ1n) is 9.66. The Bertz CT molecular complexity index is 1010. The van der Waals surface area contributed by atoms with E-state index in [1.54, 1.807) is 11.8 Å². The lowest BCUT2D eigenvalue weighted by atomic mass is 9.95. The van der Waals surface area contributed by atoms with Crippen molar-refractivity contribution in [3.63, 3.8) is 0 Å². The van der Waals surface area contributed by atoms with Gasteiger partial charge in [0, 0.05) is 47.6 Å². The molecule has 1 unspecified atom stereocenters. The topological polar surface area (TPSA) is 135 Å². The Hall–Kier alpha value is -1.95. The number of piperazine rings is 1. The van der Waals surface area contributed by atoms with Crippen LogP contribution in [0.4, 0.5) is 0 Å². The molecule has 8 nitrogen and oxygen atoms in total. The van der Waals surface area contributed by atoms with E-state index in [1.807, 2.05) is 12.1 Å². The van der Waals surface area contributed by atoms with Crippen LogP contribution in [0, 0.1) is 0 Å². The van der Waals surface area contributed by atoms with E-state index in [1.165, 1.54) is 20.9 Å². The summed E-state index contributed by atoms with van der Waals surface area (Å²) in [6, 6.07) is 14.8. The Morgan fingerprint density at radius 2 is 1.71 bits per heavy atom. The molecule has 2 aliphatic rings. The predicted molar refractivity (Wildman–Crippen MR) is 122 cm³/mol. The van der Waals surface area contributed by atoms with Crippen molar-refractivity contribution in [3.8, 4) is 0 Å². The largest absolute Gasteiger partial charge is 0.412 e. The Morgan fingerprint density at radius 3 is 2.32 bits per heavy atom. The standard InChI is InChI=1S/C20H23N3OS.CH4O3S.H2O/c1-22-8-10-23(11-9-22)17-13-14-4-2-3-5-18(14)25-19-7-6-15(20(21)24)12-16(17)19;1-5(2,3)4;/h2-7,12,17H,8-11,13H2,1H3,(H2,21,24);1H3,(H,2,3,4);1H2. The summed E-state index contributed by atoms with van der Waals surface area (Å²) in [5.41, 5.74) is 8.77. The summed E-state index contributed by atoms with van der Waals surface area (Å²) >= 11 is 1.80. The lowest BCUT2D eigenvalue weighted by molar-refractivity contribution is 0.0998. The highest BCUT2D eigenvalue weighted by Crippen LogP contribution is 2.43. The lowest BCUT2D eigenvalue weighted by Crippen LogP contribution is -2.46. The molecule has 1 fully saturated rings. The fourth-order valence-corrected chi connectivity index (χ4v) is 4.84. The summed E-state index contributed by atoms with van der Waals surface area (Å²) < 4.78 is 25.9. The number of likely N-dealkylation sites (N-methyl/N-ethyl adjacent to an activating group) is 1. The van der Waals surface area contributed by atoms with Crippen LogP contribution >= 0.6 is 11.8 Å². The molecule has 2 aromatic carbocycles. The maximum Gasteiger partial charge on any atom is 0.261 e. The summed E-state index contributed by atoms with van der Waals surface area (Å²) in [7, 11) is -1.49. The molecule has 1 atom stereocenters. The highest BCUT2D eigenvalue weighted by molar-refractivity contribution is 7.99. The zero-order valence-corrected chi connectivity index (χ0v) is 19.2. The molecule has 1 amide bonds. The van der Waals surface area contributed by atoms with Crippen molar-refractivity contribution in [2.45, 2.75) is 22.3 Å². The van der Waals surface area contributed by atoms with E-state index in [2.05, 4.69) is 47.2 Å². The minimum atomic E-state index is -3.67. The molecule has 0 bridgehead atoms. The fourth-order valence-electron chi connectivity index (χ4n) is 3.72. The van der Waals surface area contributed by atoms with Crippen LogP contribution in [-0.4, -0.2) is 73.6 Å². The smallest absolute Gasteiger partial charge is 0.261 e. The summed E-state index contributed by atoms with van der Waals surface area (Å²) in [6.07, 6.45) is 1.69. The average molecular weight is 468 g/mol. The van der Waals surface area contributed by atoms with Crippen LogP contribution in [-0.2, 0) is 16.5 Å². The maximum absolute atomic E-state index is 11.7. The van der Waals surface area contributed by atoms with Gasteiger partial charge in [-0.05, 0) is 48.9 Å². The number of nitrogens with zero attached hydrogens (tertiary/aromatic N) is 2. The van der Waals surface area contributed by atoms with Crippen LogP contribution in [0.1, 0.15) is 27.5 Å². The first-order valence-corrected chi connectivity index (χ1v) is 12.3. The molecular formula is C21H29N3O5S2. The molecule has 0 aliphatic carbocycles. The van der Waals surface area contributed by atoms with Gasteiger partial charge in [-0.2, -0.15) is 8.42 Å². The summed E-state index contributed by atoms with van der Waals surface area (Å²) in [5.74, 6) is -0.355. The van der Waals surface area contributed by atoms with Gasteiger partial charge in [0.15, 0.2) is 0 Å². The number of fused-ring (bicyclic) bond motifs is 2. The second-order valence-electron chi connectivity index (χ2n) is 7.62. The molecule has 31 heavy (non-hydrogen) atoms. The first-order chi connectivity index (χ1) is 14.1. The third-order valence-electron chi connectivity index (χ3n) is 5.24. The van der Waals surface area contributed by atoms with E-state index in [-0.39, 0.29) is 11.4 Å². The van der Waals surface area contributed by atoms with Crippen LogP contribution in [0.25, 0.3) is 0 Å². The minimum Gasteiger partial charge on any atom is -0.412 e. The molecule has 2 heterocycles. The van der Waals surface area contributed by atoms with Gasteiger partial charge in [-0.25, -0.2) is 0 Å². The molecule has 4 rings (SSSR count). The molecule has 0 spiro atoms.